The number of benzene rings is 3. The number of aromatic nitrogens is 2. The summed E-state index contributed by atoms with van der Waals surface area (Å²) < 4.78 is 18.5. The summed E-state index contributed by atoms with van der Waals surface area (Å²) in [5.41, 5.74) is 2.50. The van der Waals surface area contributed by atoms with Gasteiger partial charge in [-0.3, -0.25) is 19.5 Å². The molecule has 0 saturated carbocycles. The molecule has 0 aliphatic carbocycles. The van der Waals surface area contributed by atoms with Crippen LogP contribution in [-0.2, 0) is 16.2 Å². The third kappa shape index (κ3) is 5.59. The molecule has 10 heteroatoms. The summed E-state index contributed by atoms with van der Waals surface area (Å²) in [4.78, 5) is 37.4. The van der Waals surface area contributed by atoms with Gasteiger partial charge in [-0.25, -0.2) is 4.98 Å². The molecular weight excluding hydrogens is 578 g/mol. The summed E-state index contributed by atoms with van der Waals surface area (Å²) in [5, 5.41) is 11.8. The van der Waals surface area contributed by atoms with Crippen LogP contribution in [0.15, 0.2) is 96.8 Å². The Balaban J connectivity index is 1.47. The van der Waals surface area contributed by atoms with Gasteiger partial charge in [-0.15, -0.1) is 0 Å². The van der Waals surface area contributed by atoms with Crippen molar-refractivity contribution in [2.75, 3.05) is 18.1 Å². The Hall–Kier alpha value is -5.22. The molecule has 1 saturated heterocycles. The van der Waals surface area contributed by atoms with Gasteiger partial charge in [-0.2, -0.15) is 0 Å². The van der Waals surface area contributed by atoms with Crippen molar-refractivity contribution < 1.29 is 28.9 Å². The first-order valence-corrected chi connectivity index (χ1v) is 15.0. The molecule has 1 fully saturated rings. The Morgan fingerprint density at radius 3 is 2.41 bits per heavy atom. The molecule has 0 spiro atoms. The van der Waals surface area contributed by atoms with Gasteiger partial charge in [0.15, 0.2) is 16.6 Å². The topological polar surface area (TPSA) is 111 Å². The monoisotopic (exact) mass is 607 g/mol. The van der Waals surface area contributed by atoms with Gasteiger partial charge in [0.05, 0.1) is 35.0 Å². The average molecular weight is 608 g/mol. The predicted octanol–water partition coefficient (Wildman–Crippen LogP) is 6.69. The number of anilines is 1. The van der Waals surface area contributed by atoms with Crippen molar-refractivity contribution in [1.29, 1.82) is 0 Å². The molecule has 0 radical (unpaired) electrons. The zero-order valence-electron chi connectivity index (χ0n) is 24.1. The van der Waals surface area contributed by atoms with Crippen molar-refractivity contribution in [3.63, 3.8) is 0 Å². The van der Waals surface area contributed by atoms with E-state index in [4.69, 9.17) is 19.2 Å². The largest absolute Gasteiger partial charge is 0.507 e. The number of ether oxygens (including phenoxy) is 3. The highest BCUT2D eigenvalue weighted by Crippen LogP contribution is 2.46. The van der Waals surface area contributed by atoms with Crippen molar-refractivity contribution in [2.24, 2.45) is 0 Å². The number of ketones is 1. The smallest absolute Gasteiger partial charge is 0.301 e. The van der Waals surface area contributed by atoms with Gasteiger partial charge >= 0.3 is 5.91 Å². The summed E-state index contributed by atoms with van der Waals surface area (Å²) in [6.07, 6.45) is 3.02. The van der Waals surface area contributed by atoms with Crippen LogP contribution in [0.2, 0.25) is 0 Å². The molecule has 1 aliphatic rings. The van der Waals surface area contributed by atoms with Crippen molar-refractivity contribution in [2.45, 2.75) is 26.5 Å². The SMILES string of the molecule is CCOc1ccc2nc(N3C(=O)C(=O)/C(=C(/O)c4ccncc4)C3c3ccc(OCc4ccccc4)c(OCC)c3)sc2c1. The van der Waals surface area contributed by atoms with Crippen LogP contribution >= 0.6 is 11.3 Å². The maximum atomic E-state index is 13.7. The second-order valence-corrected chi connectivity index (χ2v) is 10.9. The van der Waals surface area contributed by atoms with Crippen molar-refractivity contribution in [3.05, 3.63) is 114 Å². The van der Waals surface area contributed by atoms with Gasteiger partial charge in [0.2, 0.25) is 0 Å². The highest BCUT2D eigenvalue weighted by Gasteiger charge is 2.48. The lowest BCUT2D eigenvalue weighted by Gasteiger charge is -2.24. The Bertz CT molecular complexity index is 1860. The van der Waals surface area contributed by atoms with E-state index in [0.717, 1.165) is 10.3 Å². The number of carbonyl (C=O) groups excluding carboxylic acids is 2. The number of hydrogen-bond donors (Lipinski definition) is 1. The number of fused-ring (bicyclic) bond motifs is 1. The van der Waals surface area contributed by atoms with Crippen molar-refractivity contribution >= 4 is 44.1 Å². The standard InChI is InChI=1S/C34H29N3O6S/c1-3-41-24-11-12-25-28(19-24)44-34(36-25)37-30(29(32(39)33(37)40)31(38)22-14-16-35-17-15-22)23-10-13-26(27(18-23)42-4-2)43-20-21-8-6-5-7-9-21/h5-19,30,38H,3-4,20H2,1-2H3/b31-29+. The van der Waals surface area contributed by atoms with Crippen LogP contribution in [0, 0.1) is 0 Å². The van der Waals surface area contributed by atoms with E-state index in [9.17, 15) is 14.7 Å². The predicted molar refractivity (Wildman–Crippen MR) is 168 cm³/mol. The van der Waals surface area contributed by atoms with Gasteiger partial charge in [-0.1, -0.05) is 47.7 Å². The minimum atomic E-state index is -0.988. The number of hydrogen-bond acceptors (Lipinski definition) is 9. The second-order valence-electron chi connectivity index (χ2n) is 9.88. The zero-order chi connectivity index (χ0) is 30.6. The molecule has 6 rings (SSSR count). The molecule has 1 unspecified atom stereocenters. The van der Waals surface area contributed by atoms with E-state index in [1.807, 2.05) is 62.4 Å². The summed E-state index contributed by atoms with van der Waals surface area (Å²) >= 11 is 1.26. The minimum absolute atomic E-state index is 0.0594. The molecule has 1 aliphatic heterocycles. The van der Waals surface area contributed by atoms with Crippen LogP contribution < -0.4 is 19.1 Å². The fourth-order valence-electron chi connectivity index (χ4n) is 5.08. The van der Waals surface area contributed by atoms with Gasteiger partial charge in [0.1, 0.15) is 18.1 Å². The number of nitrogens with zero attached hydrogens (tertiary/aromatic N) is 3. The van der Waals surface area contributed by atoms with E-state index in [2.05, 4.69) is 4.98 Å². The molecule has 5 aromatic rings. The summed E-state index contributed by atoms with van der Waals surface area (Å²) in [6, 6.07) is 22.7. The average Bonchev–Trinajstić information content (AvgIpc) is 3.58. The fraction of sp³-hybridized carbons (Fsp3) is 0.176. The highest BCUT2D eigenvalue weighted by molar-refractivity contribution is 7.22. The number of aliphatic hydroxyl groups is 1. The van der Waals surface area contributed by atoms with Gasteiger partial charge in [0, 0.05) is 18.0 Å². The number of pyridine rings is 1. The van der Waals surface area contributed by atoms with Gasteiger partial charge in [0.25, 0.3) is 5.78 Å². The number of Topliss-reactive ketones (excluding diaryl/α,β-unsaturated/α-hetero) is 1. The number of rotatable bonds is 10. The normalized spacial score (nSPS) is 16.0. The molecule has 1 atom stereocenters. The highest BCUT2D eigenvalue weighted by atomic mass is 32.1. The molecule has 1 amide bonds. The quantitative estimate of drug-likeness (QED) is 0.106. The van der Waals surface area contributed by atoms with Crippen LogP contribution in [0.1, 0.15) is 36.6 Å². The third-order valence-electron chi connectivity index (χ3n) is 7.08. The molecule has 1 N–H and O–H groups in total. The zero-order valence-corrected chi connectivity index (χ0v) is 24.9. The van der Waals surface area contributed by atoms with E-state index in [-0.39, 0.29) is 11.3 Å². The van der Waals surface area contributed by atoms with Crippen molar-refractivity contribution in [3.8, 4) is 17.2 Å². The minimum Gasteiger partial charge on any atom is -0.507 e. The van der Waals surface area contributed by atoms with Crippen LogP contribution in [0.5, 0.6) is 17.2 Å². The first kappa shape index (κ1) is 28.9. The second kappa shape index (κ2) is 12.6. The number of thiazole rings is 1. The first-order chi connectivity index (χ1) is 21.5. The number of carbonyl (C=O) groups is 2. The van der Waals surface area contributed by atoms with Gasteiger partial charge < -0.3 is 19.3 Å². The molecule has 0 bridgehead atoms. The van der Waals surface area contributed by atoms with Crippen LogP contribution in [0.3, 0.4) is 0 Å². The van der Waals surface area contributed by atoms with Crippen LogP contribution in [0.4, 0.5) is 5.13 Å². The van der Waals surface area contributed by atoms with E-state index < -0.39 is 17.7 Å². The third-order valence-corrected chi connectivity index (χ3v) is 8.10. The van der Waals surface area contributed by atoms with Gasteiger partial charge in [-0.05, 0) is 67.4 Å². The van der Waals surface area contributed by atoms with E-state index in [1.165, 1.54) is 28.6 Å². The maximum Gasteiger partial charge on any atom is 0.301 e. The molecule has 222 valence electrons. The van der Waals surface area contributed by atoms with E-state index in [1.54, 1.807) is 30.3 Å². The lowest BCUT2D eigenvalue weighted by atomic mass is 9.95. The lowest BCUT2D eigenvalue weighted by Crippen LogP contribution is -2.29. The van der Waals surface area contributed by atoms with E-state index in [0.29, 0.717) is 58.8 Å². The summed E-state index contributed by atoms with van der Waals surface area (Å²) in [5.74, 6) is -0.285. The molecule has 44 heavy (non-hydrogen) atoms. The first-order valence-electron chi connectivity index (χ1n) is 14.2. The lowest BCUT2D eigenvalue weighted by molar-refractivity contribution is -0.132. The summed E-state index contributed by atoms with van der Waals surface area (Å²) in [7, 11) is 0. The molecule has 2 aromatic heterocycles. The van der Waals surface area contributed by atoms with Crippen LogP contribution in [0.25, 0.3) is 16.0 Å². The molecular formula is C34H29N3O6S. The molecule has 3 heterocycles. The van der Waals surface area contributed by atoms with Crippen molar-refractivity contribution in [1.82, 2.24) is 9.97 Å². The summed E-state index contributed by atoms with van der Waals surface area (Å²) in [6.45, 7) is 4.96. The Kier molecular flexibility index (Phi) is 8.25. The molecule has 3 aromatic carbocycles. The fourth-order valence-corrected chi connectivity index (χ4v) is 6.10. The Labute approximate surface area is 258 Å². The maximum absolute atomic E-state index is 13.7. The number of amides is 1. The Morgan fingerprint density at radius 1 is 0.886 bits per heavy atom. The Morgan fingerprint density at radius 2 is 1.66 bits per heavy atom. The van der Waals surface area contributed by atoms with Crippen LogP contribution in [-0.4, -0.2) is 40.0 Å². The van der Waals surface area contributed by atoms with E-state index >= 15 is 0 Å². The number of aliphatic hydroxyl groups excluding tert-OH is 1. The molecule has 9 nitrogen and oxygen atoms in total.